The summed E-state index contributed by atoms with van der Waals surface area (Å²) in [7, 11) is 0. The molecule has 136 valence electrons. The molecule has 4 atom stereocenters. The molecule has 2 rings (SSSR count). The quantitative estimate of drug-likeness (QED) is 0.733. The van der Waals surface area contributed by atoms with Gasteiger partial charge in [0, 0.05) is 5.54 Å². The number of nitrogens with zero attached hydrogens (tertiary/aromatic N) is 2. The third kappa shape index (κ3) is 2.96. The molecule has 0 aromatic rings. The molecule has 24 heavy (non-hydrogen) atoms. The van der Waals surface area contributed by atoms with E-state index in [1.54, 1.807) is 13.8 Å². The minimum absolute atomic E-state index is 0.347. The summed E-state index contributed by atoms with van der Waals surface area (Å²) >= 11 is 0. The van der Waals surface area contributed by atoms with E-state index in [1.807, 2.05) is 41.5 Å². The topological polar surface area (TPSA) is 76.2 Å². The lowest BCUT2D eigenvalue weighted by Gasteiger charge is -2.38. The predicted octanol–water partition coefficient (Wildman–Crippen LogP) is 2.78. The van der Waals surface area contributed by atoms with Crippen LogP contribution in [0.4, 0.5) is 9.59 Å². The molecular weight excluding hydrogens is 312 g/mol. The third-order valence-corrected chi connectivity index (χ3v) is 4.51. The Hall–Kier alpha value is -1.79. The first kappa shape index (κ1) is 18.5. The van der Waals surface area contributed by atoms with Gasteiger partial charge in [-0.3, -0.25) is 9.69 Å². The van der Waals surface area contributed by atoms with E-state index in [2.05, 4.69) is 0 Å². The average molecular weight is 340 g/mol. The Bertz CT molecular complexity index is 560. The molecule has 3 amide bonds. The van der Waals surface area contributed by atoms with Gasteiger partial charge in [0.05, 0.1) is 6.04 Å². The number of cyclic esters (lactones) is 2. The first-order chi connectivity index (χ1) is 10.8. The number of rotatable bonds is 1. The Balaban J connectivity index is 2.42. The summed E-state index contributed by atoms with van der Waals surface area (Å²) < 4.78 is 10.6. The summed E-state index contributed by atoms with van der Waals surface area (Å²) in [6, 6.07) is -1.25. The van der Waals surface area contributed by atoms with Crippen molar-refractivity contribution in [1.29, 1.82) is 0 Å². The number of amides is 3. The Labute approximate surface area is 143 Å². The molecular formula is C17H28N2O5. The van der Waals surface area contributed by atoms with Crippen LogP contribution in [0.1, 0.15) is 55.4 Å². The van der Waals surface area contributed by atoms with E-state index in [0.717, 1.165) is 0 Å². The Kier molecular flexibility index (Phi) is 4.35. The molecule has 2 saturated heterocycles. The van der Waals surface area contributed by atoms with Crippen molar-refractivity contribution in [3.63, 3.8) is 0 Å². The van der Waals surface area contributed by atoms with Gasteiger partial charge in [0.1, 0.15) is 12.2 Å². The second-order valence-corrected chi connectivity index (χ2v) is 8.68. The molecule has 0 N–H and O–H groups in total. The minimum Gasteiger partial charge on any atom is -0.444 e. The van der Waals surface area contributed by atoms with E-state index in [0.29, 0.717) is 0 Å². The molecule has 7 nitrogen and oxygen atoms in total. The third-order valence-electron chi connectivity index (χ3n) is 4.51. The zero-order chi connectivity index (χ0) is 18.6. The molecule has 0 bridgehead atoms. The molecule has 2 fully saturated rings. The normalized spacial score (nSPS) is 31.3. The van der Waals surface area contributed by atoms with Gasteiger partial charge in [0.15, 0.2) is 6.04 Å². The standard InChI is InChI=1S/C17H28N2O5/c1-9-11(19(15(22)23-9)17(6,7)8)13(20)18-12(16(3,4)5)10(2)24-14(18)21/h9-12H,1-8H3. The van der Waals surface area contributed by atoms with E-state index >= 15 is 0 Å². The molecule has 2 aliphatic rings. The number of hydrogen-bond acceptors (Lipinski definition) is 5. The van der Waals surface area contributed by atoms with Crippen LogP contribution in [0.15, 0.2) is 0 Å². The largest absolute Gasteiger partial charge is 0.444 e. The van der Waals surface area contributed by atoms with E-state index < -0.39 is 47.9 Å². The summed E-state index contributed by atoms with van der Waals surface area (Å²) in [5.41, 5.74) is -0.949. The number of ether oxygens (including phenoxy) is 2. The summed E-state index contributed by atoms with van der Waals surface area (Å²) in [5, 5.41) is 0. The lowest BCUT2D eigenvalue weighted by atomic mass is 9.83. The Morgan fingerprint density at radius 3 is 1.88 bits per heavy atom. The summed E-state index contributed by atoms with van der Waals surface area (Å²) in [6.07, 6.45) is -2.24. The second-order valence-electron chi connectivity index (χ2n) is 8.68. The molecule has 0 aromatic carbocycles. The van der Waals surface area contributed by atoms with Crippen molar-refractivity contribution < 1.29 is 23.9 Å². The van der Waals surface area contributed by atoms with Gasteiger partial charge in [0.2, 0.25) is 0 Å². The van der Waals surface area contributed by atoms with Crippen molar-refractivity contribution in [2.75, 3.05) is 0 Å². The molecule has 2 heterocycles. The summed E-state index contributed by atoms with van der Waals surface area (Å²) in [5.74, 6) is -0.447. The van der Waals surface area contributed by atoms with Gasteiger partial charge in [-0.2, -0.15) is 0 Å². The molecule has 0 aromatic heterocycles. The van der Waals surface area contributed by atoms with E-state index in [4.69, 9.17) is 9.47 Å². The Morgan fingerprint density at radius 1 is 0.917 bits per heavy atom. The van der Waals surface area contributed by atoms with Crippen molar-refractivity contribution in [2.24, 2.45) is 5.41 Å². The summed E-state index contributed by atoms with van der Waals surface area (Å²) in [6.45, 7) is 14.8. The minimum atomic E-state index is -0.847. The van der Waals surface area contributed by atoms with Crippen molar-refractivity contribution in [3.05, 3.63) is 0 Å². The number of hydrogen-bond donors (Lipinski definition) is 0. The van der Waals surface area contributed by atoms with Crippen LogP contribution in [0.5, 0.6) is 0 Å². The molecule has 0 radical (unpaired) electrons. The van der Waals surface area contributed by atoms with Crippen LogP contribution in [-0.4, -0.2) is 57.7 Å². The van der Waals surface area contributed by atoms with Gasteiger partial charge in [-0.1, -0.05) is 20.8 Å². The highest BCUT2D eigenvalue weighted by molar-refractivity contribution is 5.99. The highest BCUT2D eigenvalue weighted by Gasteiger charge is 2.56. The van der Waals surface area contributed by atoms with Crippen molar-refractivity contribution in [2.45, 2.75) is 85.2 Å². The van der Waals surface area contributed by atoms with Crippen LogP contribution in [0.25, 0.3) is 0 Å². The fourth-order valence-electron chi connectivity index (χ4n) is 3.67. The highest BCUT2D eigenvalue weighted by Crippen LogP contribution is 2.37. The SMILES string of the molecule is CC1OC(=O)N(C(C)(C)C)C1C(=O)N1C(=O)OC(C)C1C(C)(C)C. The van der Waals surface area contributed by atoms with Crippen LogP contribution < -0.4 is 0 Å². The average Bonchev–Trinajstić information content (AvgIpc) is 2.83. The number of carbonyl (C=O) groups excluding carboxylic acids is 3. The molecule has 0 aliphatic carbocycles. The molecule has 0 spiro atoms. The van der Waals surface area contributed by atoms with Crippen LogP contribution in [-0.2, 0) is 14.3 Å². The zero-order valence-electron chi connectivity index (χ0n) is 15.7. The lowest BCUT2D eigenvalue weighted by Crippen LogP contribution is -2.59. The number of carbonyl (C=O) groups is 3. The first-order valence-electron chi connectivity index (χ1n) is 8.30. The van der Waals surface area contributed by atoms with Crippen molar-refractivity contribution in [3.8, 4) is 0 Å². The van der Waals surface area contributed by atoms with Gasteiger partial charge < -0.3 is 9.47 Å². The van der Waals surface area contributed by atoms with Crippen LogP contribution in [0.2, 0.25) is 0 Å². The molecule has 4 unspecified atom stereocenters. The predicted molar refractivity (Wildman–Crippen MR) is 87.4 cm³/mol. The maximum absolute atomic E-state index is 13.2. The maximum atomic E-state index is 13.2. The maximum Gasteiger partial charge on any atom is 0.417 e. The summed E-state index contributed by atoms with van der Waals surface area (Å²) in [4.78, 5) is 40.3. The number of imide groups is 1. The van der Waals surface area contributed by atoms with E-state index in [9.17, 15) is 14.4 Å². The monoisotopic (exact) mass is 340 g/mol. The second kappa shape index (κ2) is 5.63. The molecule has 7 heteroatoms. The van der Waals surface area contributed by atoms with Crippen LogP contribution in [0, 0.1) is 5.41 Å². The first-order valence-corrected chi connectivity index (χ1v) is 8.30. The van der Waals surface area contributed by atoms with Gasteiger partial charge in [-0.25, -0.2) is 14.5 Å². The van der Waals surface area contributed by atoms with Crippen LogP contribution in [0.3, 0.4) is 0 Å². The van der Waals surface area contributed by atoms with E-state index in [1.165, 1.54) is 9.80 Å². The van der Waals surface area contributed by atoms with Gasteiger partial charge in [-0.05, 0) is 40.0 Å². The zero-order valence-corrected chi connectivity index (χ0v) is 15.7. The smallest absolute Gasteiger partial charge is 0.417 e. The highest BCUT2D eigenvalue weighted by atomic mass is 16.6. The Morgan fingerprint density at radius 2 is 1.42 bits per heavy atom. The van der Waals surface area contributed by atoms with Gasteiger partial charge in [-0.15, -0.1) is 0 Å². The lowest BCUT2D eigenvalue weighted by molar-refractivity contribution is -0.137. The van der Waals surface area contributed by atoms with Gasteiger partial charge in [0.25, 0.3) is 5.91 Å². The van der Waals surface area contributed by atoms with Gasteiger partial charge >= 0.3 is 12.2 Å². The fourth-order valence-corrected chi connectivity index (χ4v) is 3.67. The van der Waals surface area contributed by atoms with Crippen molar-refractivity contribution >= 4 is 18.1 Å². The van der Waals surface area contributed by atoms with E-state index in [-0.39, 0.29) is 5.41 Å². The molecule has 2 aliphatic heterocycles. The van der Waals surface area contributed by atoms with Crippen LogP contribution >= 0.6 is 0 Å². The van der Waals surface area contributed by atoms with Crippen molar-refractivity contribution in [1.82, 2.24) is 9.80 Å². The fraction of sp³-hybridized carbons (Fsp3) is 0.824. The molecule has 0 saturated carbocycles.